The van der Waals surface area contributed by atoms with Crippen molar-refractivity contribution in [1.82, 2.24) is 9.97 Å². The third-order valence-corrected chi connectivity index (χ3v) is 3.96. The van der Waals surface area contributed by atoms with E-state index in [9.17, 15) is 10.1 Å². The molecule has 1 atom stereocenters. The van der Waals surface area contributed by atoms with Gasteiger partial charge in [0.15, 0.2) is 0 Å². The van der Waals surface area contributed by atoms with Gasteiger partial charge in [0, 0.05) is 12.6 Å². The van der Waals surface area contributed by atoms with Crippen LogP contribution < -0.4 is 5.32 Å². The smallest absolute Gasteiger partial charge is 0.305 e. The first-order chi connectivity index (χ1) is 9.58. The number of ether oxygens (including phenoxy) is 1. The normalized spacial score (nSPS) is 21.4. The second-order valence-corrected chi connectivity index (χ2v) is 5.09. The van der Waals surface area contributed by atoms with Crippen molar-refractivity contribution in [3.8, 4) is 0 Å². The maximum Gasteiger partial charge on any atom is 0.305 e. The minimum atomic E-state index is -0.503. The number of nitrogens with one attached hydrogen (secondary N) is 1. The van der Waals surface area contributed by atoms with E-state index < -0.39 is 4.92 Å². The van der Waals surface area contributed by atoms with Crippen LogP contribution in [-0.2, 0) is 4.74 Å². The molecule has 0 saturated carbocycles. The van der Waals surface area contributed by atoms with Crippen LogP contribution >= 0.6 is 0 Å². The zero-order chi connectivity index (χ0) is 14.6. The van der Waals surface area contributed by atoms with E-state index in [1.165, 1.54) is 12.4 Å². The largest absolute Gasteiger partial charge is 0.375 e. The van der Waals surface area contributed by atoms with Crippen LogP contribution in [-0.4, -0.2) is 33.1 Å². The molecule has 0 aliphatic carbocycles. The predicted molar refractivity (Wildman–Crippen MR) is 74.6 cm³/mol. The first-order valence-electron chi connectivity index (χ1n) is 6.95. The fourth-order valence-corrected chi connectivity index (χ4v) is 2.57. The first-order valence-corrected chi connectivity index (χ1v) is 6.95. The zero-order valence-corrected chi connectivity index (χ0v) is 11.8. The van der Waals surface area contributed by atoms with Gasteiger partial charge in [-0.15, -0.1) is 0 Å². The van der Waals surface area contributed by atoms with Crippen LogP contribution in [0.25, 0.3) is 0 Å². The van der Waals surface area contributed by atoms with E-state index in [4.69, 9.17) is 4.74 Å². The SMILES string of the molecule is CCC1(CC)CC(Nc2ncc([N+](=O)[O-])cn2)CCO1. The fourth-order valence-electron chi connectivity index (χ4n) is 2.57. The Kier molecular flexibility index (Phi) is 4.49. The Labute approximate surface area is 117 Å². The quantitative estimate of drug-likeness (QED) is 0.658. The van der Waals surface area contributed by atoms with Gasteiger partial charge in [-0.1, -0.05) is 13.8 Å². The molecule has 0 bridgehead atoms. The Morgan fingerprint density at radius 3 is 2.65 bits per heavy atom. The molecular weight excluding hydrogens is 260 g/mol. The Morgan fingerprint density at radius 2 is 2.10 bits per heavy atom. The number of hydrogen-bond donors (Lipinski definition) is 1. The summed E-state index contributed by atoms with van der Waals surface area (Å²) in [7, 11) is 0. The summed E-state index contributed by atoms with van der Waals surface area (Å²) in [5, 5.41) is 13.8. The molecule has 0 radical (unpaired) electrons. The molecule has 2 rings (SSSR count). The number of aromatic nitrogens is 2. The number of hydrogen-bond acceptors (Lipinski definition) is 6. The molecular formula is C13H20N4O3. The molecule has 1 unspecified atom stereocenters. The van der Waals surface area contributed by atoms with Crippen molar-refractivity contribution in [2.45, 2.75) is 51.2 Å². The van der Waals surface area contributed by atoms with Crippen LogP contribution in [0.2, 0.25) is 0 Å². The van der Waals surface area contributed by atoms with E-state index in [1.54, 1.807) is 0 Å². The lowest BCUT2D eigenvalue weighted by molar-refractivity contribution is -0.385. The summed E-state index contributed by atoms with van der Waals surface area (Å²) in [6.07, 6.45) is 6.19. The van der Waals surface area contributed by atoms with Gasteiger partial charge in [-0.3, -0.25) is 10.1 Å². The maximum absolute atomic E-state index is 10.6. The standard InChI is InChI=1S/C13H20N4O3/c1-3-13(4-2)7-10(5-6-20-13)16-12-14-8-11(9-15-12)17(18)19/h8-10H,3-7H2,1-2H3,(H,14,15,16). The van der Waals surface area contributed by atoms with E-state index >= 15 is 0 Å². The van der Waals surface area contributed by atoms with E-state index in [0.717, 1.165) is 25.7 Å². The summed E-state index contributed by atoms with van der Waals surface area (Å²) in [5.41, 5.74) is -0.171. The summed E-state index contributed by atoms with van der Waals surface area (Å²) in [5.74, 6) is 0.434. The van der Waals surface area contributed by atoms with Crippen molar-refractivity contribution >= 4 is 11.6 Å². The highest BCUT2D eigenvalue weighted by Gasteiger charge is 2.34. The van der Waals surface area contributed by atoms with Gasteiger partial charge in [0.25, 0.3) is 0 Å². The van der Waals surface area contributed by atoms with Crippen molar-refractivity contribution < 1.29 is 9.66 Å². The molecule has 1 aromatic heterocycles. The van der Waals surface area contributed by atoms with Gasteiger partial charge in [-0.05, 0) is 25.7 Å². The average Bonchev–Trinajstić information content (AvgIpc) is 2.48. The average molecular weight is 280 g/mol. The summed E-state index contributed by atoms with van der Waals surface area (Å²) in [4.78, 5) is 18.0. The van der Waals surface area contributed by atoms with Crippen LogP contribution in [0.15, 0.2) is 12.4 Å². The maximum atomic E-state index is 10.6. The van der Waals surface area contributed by atoms with E-state index in [0.29, 0.717) is 12.6 Å². The highest BCUT2D eigenvalue weighted by molar-refractivity contribution is 5.31. The molecule has 1 aliphatic rings. The Morgan fingerprint density at radius 1 is 1.45 bits per heavy atom. The van der Waals surface area contributed by atoms with Gasteiger partial charge in [0.05, 0.1) is 10.5 Å². The molecule has 1 aliphatic heterocycles. The van der Waals surface area contributed by atoms with Gasteiger partial charge in [-0.25, -0.2) is 9.97 Å². The molecule has 0 aromatic carbocycles. The minimum absolute atomic E-state index is 0.0727. The molecule has 7 heteroatoms. The van der Waals surface area contributed by atoms with Crippen molar-refractivity contribution in [3.05, 3.63) is 22.5 Å². The Hall–Kier alpha value is -1.76. The van der Waals surface area contributed by atoms with Crippen LogP contribution in [0.3, 0.4) is 0 Å². The van der Waals surface area contributed by atoms with Crippen LogP contribution in [0.1, 0.15) is 39.5 Å². The molecule has 1 N–H and O–H groups in total. The lowest BCUT2D eigenvalue weighted by atomic mass is 9.86. The first kappa shape index (κ1) is 14.6. The third kappa shape index (κ3) is 3.22. The van der Waals surface area contributed by atoms with Gasteiger partial charge in [0.1, 0.15) is 12.4 Å². The molecule has 1 aromatic rings. The van der Waals surface area contributed by atoms with Crippen molar-refractivity contribution in [2.24, 2.45) is 0 Å². The molecule has 0 amide bonds. The number of nitro groups is 1. The minimum Gasteiger partial charge on any atom is -0.375 e. The van der Waals surface area contributed by atoms with Crippen molar-refractivity contribution in [2.75, 3.05) is 11.9 Å². The lowest BCUT2D eigenvalue weighted by Gasteiger charge is -2.40. The zero-order valence-electron chi connectivity index (χ0n) is 11.8. The van der Waals surface area contributed by atoms with Gasteiger partial charge >= 0.3 is 5.69 Å². The summed E-state index contributed by atoms with van der Waals surface area (Å²) in [6.45, 7) is 4.98. The molecule has 20 heavy (non-hydrogen) atoms. The molecule has 2 heterocycles. The summed E-state index contributed by atoms with van der Waals surface area (Å²) >= 11 is 0. The van der Waals surface area contributed by atoms with E-state index in [1.807, 2.05) is 0 Å². The van der Waals surface area contributed by atoms with Gasteiger partial charge in [-0.2, -0.15) is 0 Å². The molecule has 110 valence electrons. The van der Waals surface area contributed by atoms with Crippen LogP contribution in [0.5, 0.6) is 0 Å². The Balaban J connectivity index is 2.00. The molecule has 0 spiro atoms. The summed E-state index contributed by atoms with van der Waals surface area (Å²) < 4.78 is 5.91. The van der Waals surface area contributed by atoms with Crippen LogP contribution in [0, 0.1) is 10.1 Å². The van der Waals surface area contributed by atoms with E-state index in [-0.39, 0.29) is 17.3 Å². The van der Waals surface area contributed by atoms with Crippen molar-refractivity contribution in [3.63, 3.8) is 0 Å². The highest BCUT2D eigenvalue weighted by atomic mass is 16.6. The summed E-state index contributed by atoms with van der Waals surface area (Å²) in [6, 6.07) is 0.241. The molecule has 7 nitrogen and oxygen atoms in total. The topological polar surface area (TPSA) is 90.2 Å². The van der Waals surface area contributed by atoms with Gasteiger partial charge < -0.3 is 10.1 Å². The number of rotatable bonds is 5. The fraction of sp³-hybridized carbons (Fsp3) is 0.692. The molecule has 1 fully saturated rings. The lowest BCUT2D eigenvalue weighted by Crippen LogP contribution is -2.43. The second-order valence-electron chi connectivity index (χ2n) is 5.09. The number of nitrogens with zero attached hydrogens (tertiary/aromatic N) is 3. The predicted octanol–water partition coefficient (Wildman–Crippen LogP) is 2.53. The third-order valence-electron chi connectivity index (χ3n) is 3.96. The monoisotopic (exact) mass is 280 g/mol. The highest BCUT2D eigenvalue weighted by Crippen LogP contribution is 2.32. The Bertz CT molecular complexity index is 459. The van der Waals surface area contributed by atoms with Crippen molar-refractivity contribution in [1.29, 1.82) is 0 Å². The number of anilines is 1. The van der Waals surface area contributed by atoms with E-state index in [2.05, 4.69) is 29.1 Å². The van der Waals surface area contributed by atoms with Gasteiger partial charge in [0.2, 0.25) is 5.95 Å². The molecule has 1 saturated heterocycles. The second kappa shape index (κ2) is 6.13. The van der Waals surface area contributed by atoms with Crippen LogP contribution in [0.4, 0.5) is 11.6 Å².